The SMILES string of the molecule is CCOc1ccc(N(CC(=O)NN=Cc2ccc3c(c2)OCO3)S(=O)(=O)c2ccc(SC)cc2)cc1. The number of hydrazone groups is 1. The first kappa shape index (κ1) is 25.4. The number of benzene rings is 3. The van der Waals surface area contributed by atoms with Gasteiger partial charge in [0.15, 0.2) is 11.5 Å². The molecule has 1 heterocycles. The van der Waals surface area contributed by atoms with Crippen molar-refractivity contribution < 1.29 is 27.4 Å². The van der Waals surface area contributed by atoms with Gasteiger partial charge in [-0.05, 0) is 85.5 Å². The summed E-state index contributed by atoms with van der Waals surface area (Å²) in [5.74, 6) is 1.22. The molecule has 1 aliphatic rings. The van der Waals surface area contributed by atoms with Crippen LogP contribution in [0.5, 0.6) is 17.2 Å². The molecule has 0 aliphatic carbocycles. The molecule has 0 fully saturated rings. The van der Waals surface area contributed by atoms with Gasteiger partial charge < -0.3 is 14.2 Å². The summed E-state index contributed by atoms with van der Waals surface area (Å²) >= 11 is 1.51. The molecule has 0 unspecified atom stereocenters. The molecule has 0 spiro atoms. The second kappa shape index (κ2) is 11.4. The fourth-order valence-corrected chi connectivity index (χ4v) is 5.23. The molecule has 4 rings (SSSR count). The summed E-state index contributed by atoms with van der Waals surface area (Å²) in [7, 11) is -4.04. The van der Waals surface area contributed by atoms with Gasteiger partial charge in [0.2, 0.25) is 6.79 Å². The maximum absolute atomic E-state index is 13.5. The topological polar surface area (TPSA) is 107 Å². The third-order valence-electron chi connectivity index (χ3n) is 5.17. The van der Waals surface area contributed by atoms with Gasteiger partial charge in [0.1, 0.15) is 12.3 Å². The zero-order chi connectivity index (χ0) is 25.5. The third kappa shape index (κ3) is 5.92. The number of amides is 1. The Hall–Kier alpha value is -3.70. The molecular weight excluding hydrogens is 502 g/mol. The molecule has 0 atom stereocenters. The number of sulfonamides is 1. The number of thioether (sulfide) groups is 1. The Morgan fingerprint density at radius 3 is 2.50 bits per heavy atom. The predicted octanol–water partition coefficient (Wildman–Crippen LogP) is 3.88. The lowest BCUT2D eigenvalue weighted by molar-refractivity contribution is -0.119. The summed E-state index contributed by atoms with van der Waals surface area (Å²) in [5.41, 5.74) is 3.40. The molecule has 0 saturated carbocycles. The molecule has 1 N–H and O–H groups in total. The smallest absolute Gasteiger partial charge is 0.264 e. The largest absolute Gasteiger partial charge is 0.494 e. The van der Waals surface area contributed by atoms with E-state index in [0.717, 1.165) is 9.20 Å². The number of hydrogen-bond acceptors (Lipinski definition) is 8. The lowest BCUT2D eigenvalue weighted by Gasteiger charge is -2.24. The quantitative estimate of drug-likeness (QED) is 0.242. The Morgan fingerprint density at radius 1 is 1.08 bits per heavy atom. The standard InChI is InChI=1S/C25H25N3O6S2/c1-3-32-20-7-5-19(6-8-20)28(36(30,31)22-11-9-21(35-2)10-12-22)16-25(29)27-26-15-18-4-13-23-24(14-18)34-17-33-23/h4-15H,3,16-17H2,1-2H3,(H,27,29). The highest BCUT2D eigenvalue weighted by Crippen LogP contribution is 2.32. The maximum Gasteiger partial charge on any atom is 0.264 e. The van der Waals surface area contributed by atoms with E-state index in [2.05, 4.69) is 10.5 Å². The van der Waals surface area contributed by atoms with E-state index in [-0.39, 0.29) is 11.7 Å². The van der Waals surface area contributed by atoms with Crippen molar-refractivity contribution in [1.29, 1.82) is 0 Å². The van der Waals surface area contributed by atoms with E-state index in [0.29, 0.717) is 35.1 Å². The fourth-order valence-electron chi connectivity index (χ4n) is 3.40. The third-order valence-corrected chi connectivity index (χ3v) is 7.70. The van der Waals surface area contributed by atoms with Gasteiger partial charge >= 0.3 is 0 Å². The van der Waals surface area contributed by atoms with Crippen molar-refractivity contribution in [2.45, 2.75) is 16.7 Å². The molecule has 0 bridgehead atoms. The van der Waals surface area contributed by atoms with Crippen LogP contribution in [0.4, 0.5) is 5.69 Å². The van der Waals surface area contributed by atoms with E-state index < -0.39 is 22.5 Å². The summed E-state index contributed by atoms with van der Waals surface area (Å²) in [4.78, 5) is 13.8. The Kier molecular flexibility index (Phi) is 8.01. The van der Waals surface area contributed by atoms with Crippen molar-refractivity contribution in [3.63, 3.8) is 0 Å². The fraction of sp³-hybridized carbons (Fsp3) is 0.200. The van der Waals surface area contributed by atoms with Crippen LogP contribution < -0.4 is 23.9 Å². The Morgan fingerprint density at radius 2 is 1.81 bits per heavy atom. The van der Waals surface area contributed by atoms with Gasteiger partial charge in [0.25, 0.3) is 15.9 Å². The number of nitrogens with zero attached hydrogens (tertiary/aromatic N) is 2. The number of ether oxygens (including phenoxy) is 3. The highest BCUT2D eigenvalue weighted by atomic mass is 32.2. The lowest BCUT2D eigenvalue weighted by atomic mass is 10.2. The average Bonchev–Trinajstić information content (AvgIpc) is 3.36. The first-order valence-electron chi connectivity index (χ1n) is 11.0. The molecule has 0 aromatic heterocycles. The molecule has 0 radical (unpaired) electrons. The number of hydrogen-bond donors (Lipinski definition) is 1. The van der Waals surface area contributed by atoms with E-state index in [4.69, 9.17) is 14.2 Å². The van der Waals surface area contributed by atoms with Crippen LogP contribution in [0, 0.1) is 0 Å². The molecule has 1 amide bonds. The molecule has 11 heteroatoms. The van der Waals surface area contributed by atoms with E-state index in [1.807, 2.05) is 13.2 Å². The van der Waals surface area contributed by atoms with Gasteiger partial charge in [-0.15, -0.1) is 11.8 Å². The summed E-state index contributed by atoms with van der Waals surface area (Å²) in [6.07, 6.45) is 3.35. The van der Waals surface area contributed by atoms with Crippen molar-refractivity contribution in [2.75, 3.05) is 30.5 Å². The molecular formula is C25H25N3O6S2. The summed E-state index contributed by atoms with van der Waals surface area (Å²) in [6, 6.07) is 18.3. The van der Waals surface area contributed by atoms with Crippen LogP contribution in [-0.4, -0.2) is 46.7 Å². The number of carbonyl (C=O) groups excluding carboxylic acids is 1. The van der Waals surface area contributed by atoms with Gasteiger partial charge in [0.05, 0.1) is 23.4 Å². The molecule has 3 aromatic carbocycles. The van der Waals surface area contributed by atoms with Crippen LogP contribution in [0.1, 0.15) is 12.5 Å². The van der Waals surface area contributed by atoms with E-state index in [1.165, 1.54) is 30.1 Å². The van der Waals surface area contributed by atoms with Crippen molar-refractivity contribution >= 4 is 39.6 Å². The number of fused-ring (bicyclic) bond motifs is 1. The highest BCUT2D eigenvalue weighted by molar-refractivity contribution is 7.98. The number of rotatable bonds is 10. The first-order valence-corrected chi connectivity index (χ1v) is 13.7. The van der Waals surface area contributed by atoms with Crippen molar-refractivity contribution in [1.82, 2.24) is 5.43 Å². The zero-order valence-electron chi connectivity index (χ0n) is 19.7. The Bertz CT molecular complexity index is 1340. The van der Waals surface area contributed by atoms with E-state index in [1.54, 1.807) is 54.6 Å². The molecule has 188 valence electrons. The van der Waals surface area contributed by atoms with Crippen LogP contribution in [0.3, 0.4) is 0 Å². The normalized spacial score (nSPS) is 12.5. The van der Waals surface area contributed by atoms with Crippen LogP contribution in [0.15, 0.2) is 81.6 Å². The lowest BCUT2D eigenvalue weighted by Crippen LogP contribution is -2.39. The first-order chi connectivity index (χ1) is 17.4. The average molecular weight is 528 g/mol. The van der Waals surface area contributed by atoms with Gasteiger partial charge in [0, 0.05) is 4.90 Å². The minimum atomic E-state index is -4.04. The molecule has 36 heavy (non-hydrogen) atoms. The van der Waals surface area contributed by atoms with Crippen molar-refractivity contribution in [3.8, 4) is 17.2 Å². The van der Waals surface area contributed by atoms with E-state index in [9.17, 15) is 13.2 Å². The second-order valence-corrected chi connectivity index (χ2v) is 10.3. The van der Waals surface area contributed by atoms with Crippen LogP contribution >= 0.6 is 11.8 Å². The number of nitrogens with one attached hydrogen (secondary N) is 1. The number of carbonyl (C=O) groups is 1. The summed E-state index contributed by atoms with van der Waals surface area (Å²) in [6.45, 7) is 2.02. The van der Waals surface area contributed by atoms with Gasteiger partial charge in [-0.1, -0.05) is 0 Å². The number of anilines is 1. The Balaban J connectivity index is 1.54. The van der Waals surface area contributed by atoms with Gasteiger partial charge in [-0.25, -0.2) is 13.8 Å². The zero-order valence-corrected chi connectivity index (χ0v) is 21.3. The summed E-state index contributed by atoms with van der Waals surface area (Å²) < 4.78 is 44.2. The molecule has 3 aromatic rings. The van der Waals surface area contributed by atoms with E-state index >= 15 is 0 Å². The monoisotopic (exact) mass is 527 g/mol. The highest BCUT2D eigenvalue weighted by Gasteiger charge is 2.27. The minimum Gasteiger partial charge on any atom is -0.494 e. The van der Waals surface area contributed by atoms with Crippen molar-refractivity contribution in [2.24, 2.45) is 5.10 Å². The molecule has 9 nitrogen and oxygen atoms in total. The van der Waals surface area contributed by atoms with Gasteiger partial charge in [-0.2, -0.15) is 5.10 Å². The second-order valence-electron chi connectivity index (χ2n) is 7.52. The van der Waals surface area contributed by atoms with Crippen LogP contribution in [0.2, 0.25) is 0 Å². The minimum absolute atomic E-state index is 0.0749. The maximum atomic E-state index is 13.5. The summed E-state index contributed by atoms with van der Waals surface area (Å²) in [5, 5.41) is 3.96. The molecule has 0 saturated heterocycles. The van der Waals surface area contributed by atoms with Crippen LogP contribution in [0.25, 0.3) is 0 Å². The molecule has 1 aliphatic heterocycles. The van der Waals surface area contributed by atoms with Gasteiger partial charge in [-0.3, -0.25) is 9.10 Å². The van der Waals surface area contributed by atoms with Crippen molar-refractivity contribution in [3.05, 3.63) is 72.3 Å². The Labute approximate surface area is 214 Å². The van der Waals surface area contributed by atoms with Crippen LogP contribution in [-0.2, 0) is 14.8 Å². The predicted molar refractivity (Wildman–Crippen MR) is 139 cm³/mol.